The Morgan fingerprint density at radius 3 is 2.70 bits per heavy atom. The number of benzene rings is 2. The van der Waals surface area contributed by atoms with Crippen LogP contribution >= 0.6 is 15.9 Å². The summed E-state index contributed by atoms with van der Waals surface area (Å²) in [5.74, 6) is 0.963. The maximum absolute atomic E-state index is 14.3. The minimum absolute atomic E-state index is 0.100. The van der Waals surface area contributed by atoms with Crippen LogP contribution in [0.5, 0.6) is 5.88 Å². The predicted molar refractivity (Wildman–Crippen MR) is 171 cm³/mol. The number of aromatic nitrogens is 4. The van der Waals surface area contributed by atoms with Gasteiger partial charge in [-0.25, -0.2) is 9.67 Å². The van der Waals surface area contributed by atoms with Gasteiger partial charge in [0, 0.05) is 36.6 Å². The van der Waals surface area contributed by atoms with Crippen LogP contribution in [0.4, 0.5) is 0 Å². The highest BCUT2D eigenvalue weighted by Gasteiger charge is 2.40. The fourth-order valence-corrected chi connectivity index (χ4v) is 6.93. The molecule has 1 aliphatic carbocycles. The summed E-state index contributed by atoms with van der Waals surface area (Å²) in [6, 6.07) is 11.9. The average Bonchev–Trinajstić information content (AvgIpc) is 3.61. The zero-order valence-electron chi connectivity index (χ0n) is 25.0. The molecule has 2 aromatic heterocycles. The number of carbonyl (C=O) groups is 2. The molecule has 2 amide bonds. The van der Waals surface area contributed by atoms with Crippen LogP contribution in [0, 0.1) is 0 Å². The lowest BCUT2D eigenvalue weighted by atomic mass is 9.80. The third kappa shape index (κ3) is 5.21. The summed E-state index contributed by atoms with van der Waals surface area (Å²) in [6.45, 7) is 2.19. The third-order valence-corrected chi connectivity index (χ3v) is 9.70. The molecule has 0 bridgehead atoms. The third-order valence-electron chi connectivity index (χ3n) is 9.06. The van der Waals surface area contributed by atoms with E-state index in [0.29, 0.717) is 67.6 Å². The van der Waals surface area contributed by atoms with E-state index in [-0.39, 0.29) is 11.8 Å². The van der Waals surface area contributed by atoms with Gasteiger partial charge in [-0.3, -0.25) is 9.59 Å². The molecule has 0 radical (unpaired) electrons. The smallest absolute Gasteiger partial charge is 0.256 e. The van der Waals surface area contributed by atoms with Crippen molar-refractivity contribution < 1.29 is 14.3 Å². The molecule has 228 valence electrons. The first kappa shape index (κ1) is 28.8. The Bertz CT molecular complexity index is 1740. The summed E-state index contributed by atoms with van der Waals surface area (Å²) >= 11 is 3.55. The SMILES string of the molecule is CN(C)CC=CC(=O)N1CCOc2nn(-c3ccc(C4CCC4)cc3)c3c2C(C1)N(C(=O)c1ccc(Br)c2nc[nH]c12)CC3. The molecule has 11 heteroatoms. The van der Waals surface area contributed by atoms with E-state index in [4.69, 9.17) is 9.84 Å². The van der Waals surface area contributed by atoms with E-state index in [9.17, 15) is 9.59 Å². The number of amides is 2. The van der Waals surface area contributed by atoms with E-state index in [1.165, 1.54) is 24.8 Å². The second-order valence-corrected chi connectivity index (χ2v) is 12.9. The monoisotopic (exact) mass is 657 g/mol. The Hall–Kier alpha value is -3.96. The van der Waals surface area contributed by atoms with Gasteiger partial charge in [-0.1, -0.05) is 24.6 Å². The fraction of sp³-hybridized carbons (Fsp3) is 0.394. The summed E-state index contributed by atoms with van der Waals surface area (Å²) in [4.78, 5) is 41.0. The minimum Gasteiger partial charge on any atom is -0.474 e. The van der Waals surface area contributed by atoms with Gasteiger partial charge in [-0.2, -0.15) is 0 Å². The summed E-state index contributed by atoms with van der Waals surface area (Å²) in [5.41, 5.74) is 6.17. The number of nitrogens with one attached hydrogen (secondary N) is 1. The number of aromatic amines is 1. The predicted octanol–water partition coefficient (Wildman–Crippen LogP) is 4.86. The number of carbonyl (C=O) groups excluding carboxylic acids is 2. The second-order valence-electron chi connectivity index (χ2n) is 12.1. The van der Waals surface area contributed by atoms with Crippen LogP contribution < -0.4 is 4.74 Å². The normalized spacial score (nSPS) is 18.7. The van der Waals surface area contributed by atoms with Crippen LogP contribution in [-0.2, 0) is 11.2 Å². The molecular weight excluding hydrogens is 622 g/mol. The summed E-state index contributed by atoms with van der Waals surface area (Å²) < 4.78 is 9.07. The lowest BCUT2D eigenvalue weighted by Crippen LogP contribution is -2.48. The molecular formula is C33H36BrN7O3. The van der Waals surface area contributed by atoms with E-state index >= 15 is 0 Å². The molecule has 0 spiro atoms. The highest BCUT2D eigenvalue weighted by Crippen LogP contribution is 2.41. The Kier molecular flexibility index (Phi) is 7.75. The van der Waals surface area contributed by atoms with Gasteiger partial charge in [-0.15, -0.1) is 5.10 Å². The van der Waals surface area contributed by atoms with E-state index in [2.05, 4.69) is 50.2 Å². The minimum atomic E-state index is -0.433. The molecule has 10 nitrogen and oxygen atoms in total. The molecule has 7 rings (SSSR count). The van der Waals surface area contributed by atoms with E-state index in [0.717, 1.165) is 21.4 Å². The highest BCUT2D eigenvalue weighted by molar-refractivity contribution is 9.10. The molecule has 3 aliphatic rings. The number of imidazole rings is 1. The Labute approximate surface area is 264 Å². The second kappa shape index (κ2) is 11.9. The molecule has 1 fully saturated rings. The van der Waals surface area contributed by atoms with Crippen molar-refractivity contribution >= 4 is 38.8 Å². The van der Waals surface area contributed by atoms with Gasteiger partial charge < -0.3 is 24.4 Å². The first-order valence-corrected chi connectivity index (χ1v) is 16.1. The molecule has 4 aromatic rings. The van der Waals surface area contributed by atoms with Crippen molar-refractivity contribution in [1.29, 1.82) is 0 Å². The zero-order chi connectivity index (χ0) is 30.4. The van der Waals surface area contributed by atoms with Crippen molar-refractivity contribution in [2.75, 3.05) is 46.9 Å². The fourth-order valence-electron chi connectivity index (χ4n) is 6.49. The number of ether oxygens (including phenoxy) is 1. The van der Waals surface area contributed by atoms with E-state index < -0.39 is 6.04 Å². The number of halogens is 1. The molecule has 2 aliphatic heterocycles. The van der Waals surface area contributed by atoms with E-state index in [1.807, 2.05) is 46.8 Å². The number of likely N-dealkylation sites (N-methyl/N-ethyl adjacent to an activating group) is 1. The van der Waals surface area contributed by atoms with Crippen molar-refractivity contribution in [3.63, 3.8) is 0 Å². The van der Waals surface area contributed by atoms with Gasteiger partial charge >= 0.3 is 0 Å². The summed E-state index contributed by atoms with van der Waals surface area (Å²) in [7, 11) is 3.93. The molecule has 1 saturated carbocycles. The first-order chi connectivity index (χ1) is 21.4. The molecule has 0 saturated heterocycles. The van der Waals surface area contributed by atoms with Crippen LogP contribution in [0.2, 0.25) is 0 Å². The van der Waals surface area contributed by atoms with Crippen LogP contribution in [0.3, 0.4) is 0 Å². The van der Waals surface area contributed by atoms with Crippen molar-refractivity contribution in [3.8, 4) is 11.6 Å². The lowest BCUT2D eigenvalue weighted by Gasteiger charge is -2.40. The quantitative estimate of drug-likeness (QED) is 0.298. The van der Waals surface area contributed by atoms with Crippen molar-refractivity contribution in [1.82, 2.24) is 34.4 Å². The standard InChI is InChI=1S/C33H36BrN7O3/c1-38(2)15-4-7-28(42)39-17-18-44-32-29-26(41(37-32)23-10-8-22(9-11-23)21-5-3-6-21)14-16-40(27(29)19-39)33(43)24-12-13-25(34)31-30(24)35-20-36-31/h4,7-13,20-21,27H,3,5-6,14-19H2,1-2H3,(H,35,36). The largest absolute Gasteiger partial charge is 0.474 e. The van der Waals surface area contributed by atoms with Crippen LogP contribution in [-0.4, -0.2) is 93.1 Å². The van der Waals surface area contributed by atoms with Gasteiger partial charge in [0.2, 0.25) is 11.8 Å². The van der Waals surface area contributed by atoms with Crippen LogP contribution in [0.1, 0.15) is 58.4 Å². The lowest BCUT2D eigenvalue weighted by molar-refractivity contribution is -0.127. The van der Waals surface area contributed by atoms with Gasteiger partial charge in [0.25, 0.3) is 5.91 Å². The number of hydrogen-bond donors (Lipinski definition) is 1. The first-order valence-electron chi connectivity index (χ1n) is 15.3. The maximum Gasteiger partial charge on any atom is 0.256 e. The highest BCUT2D eigenvalue weighted by atomic mass is 79.9. The van der Waals surface area contributed by atoms with Crippen molar-refractivity contribution in [2.45, 2.75) is 37.6 Å². The average molecular weight is 659 g/mol. The number of nitrogens with zero attached hydrogens (tertiary/aromatic N) is 6. The van der Waals surface area contributed by atoms with Crippen LogP contribution in [0.15, 0.2) is 59.4 Å². The van der Waals surface area contributed by atoms with Gasteiger partial charge in [0.05, 0.1) is 46.9 Å². The number of H-pyrrole nitrogens is 1. The molecule has 1 N–H and O–H groups in total. The molecule has 1 unspecified atom stereocenters. The molecule has 4 heterocycles. The van der Waals surface area contributed by atoms with Gasteiger partial charge in [0.15, 0.2) is 0 Å². The Balaban J connectivity index is 1.28. The molecule has 2 aromatic carbocycles. The molecule has 1 atom stereocenters. The maximum atomic E-state index is 14.3. The summed E-state index contributed by atoms with van der Waals surface area (Å²) in [5, 5.41) is 4.96. The Morgan fingerprint density at radius 1 is 1.14 bits per heavy atom. The summed E-state index contributed by atoms with van der Waals surface area (Å²) in [6.07, 6.45) is 9.50. The van der Waals surface area contributed by atoms with Crippen molar-refractivity contribution in [3.05, 3.63) is 81.7 Å². The van der Waals surface area contributed by atoms with Crippen molar-refractivity contribution in [2.24, 2.45) is 0 Å². The number of rotatable bonds is 6. The van der Waals surface area contributed by atoms with Gasteiger partial charge in [-0.05, 0) is 78.6 Å². The number of hydrogen-bond acceptors (Lipinski definition) is 6. The Morgan fingerprint density at radius 2 is 1.95 bits per heavy atom. The zero-order valence-corrected chi connectivity index (χ0v) is 26.6. The topological polar surface area (TPSA) is 99.6 Å². The van der Waals surface area contributed by atoms with E-state index in [1.54, 1.807) is 17.3 Å². The number of fused-ring (bicyclic) bond motifs is 1. The van der Waals surface area contributed by atoms with Crippen LogP contribution in [0.25, 0.3) is 16.7 Å². The van der Waals surface area contributed by atoms with Gasteiger partial charge in [0.1, 0.15) is 12.1 Å². The molecule has 44 heavy (non-hydrogen) atoms.